The highest BCUT2D eigenvalue weighted by Gasteiger charge is 2.06. The molecule has 0 fully saturated rings. The van der Waals surface area contributed by atoms with E-state index in [1.165, 1.54) is 0 Å². The summed E-state index contributed by atoms with van der Waals surface area (Å²) in [6, 6.07) is 1.96. The molecule has 0 bridgehead atoms. The Bertz CT molecular complexity index is 307. The molecule has 2 N–H and O–H groups in total. The summed E-state index contributed by atoms with van der Waals surface area (Å²) < 4.78 is 4.83. The molecule has 0 saturated carbocycles. The lowest BCUT2D eigenvalue weighted by Crippen LogP contribution is -2.32. The number of amides is 1. The predicted octanol–water partition coefficient (Wildman–Crippen LogP) is 0.920. The summed E-state index contributed by atoms with van der Waals surface area (Å²) >= 11 is 0. The zero-order valence-corrected chi connectivity index (χ0v) is 8.63. The molecule has 1 rings (SSSR count). The molecular weight excluding hydrogens is 182 g/mol. The zero-order valence-electron chi connectivity index (χ0n) is 8.63. The molecular formula is C9H15N3O2. The normalized spacial score (nSPS) is 10.6. The maximum Gasteiger partial charge on any atom is 0.240 e. The molecule has 0 aromatic carbocycles. The smallest absolute Gasteiger partial charge is 0.240 e. The Morgan fingerprint density at radius 1 is 1.64 bits per heavy atom. The van der Waals surface area contributed by atoms with Gasteiger partial charge in [0.05, 0.1) is 12.2 Å². The number of anilines is 1. The average molecular weight is 197 g/mol. The SMILES string of the molecule is Cc1cc(NC(=O)CNC(C)C)on1. The van der Waals surface area contributed by atoms with Crippen molar-refractivity contribution in [3.05, 3.63) is 11.8 Å². The van der Waals surface area contributed by atoms with Gasteiger partial charge in [-0.15, -0.1) is 0 Å². The third kappa shape index (κ3) is 3.57. The van der Waals surface area contributed by atoms with Crippen LogP contribution in [-0.4, -0.2) is 23.7 Å². The van der Waals surface area contributed by atoms with Crippen LogP contribution in [0, 0.1) is 6.92 Å². The second-order valence-electron chi connectivity index (χ2n) is 3.42. The van der Waals surface area contributed by atoms with E-state index in [0.717, 1.165) is 5.69 Å². The molecule has 0 aliphatic carbocycles. The molecule has 0 unspecified atom stereocenters. The van der Waals surface area contributed by atoms with Gasteiger partial charge in [0, 0.05) is 12.1 Å². The molecule has 0 radical (unpaired) electrons. The van der Waals surface area contributed by atoms with Crippen molar-refractivity contribution in [3.63, 3.8) is 0 Å². The molecule has 0 atom stereocenters. The second kappa shape index (κ2) is 4.76. The number of aryl methyl sites for hydroxylation is 1. The first-order valence-corrected chi connectivity index (χ1v) is 4.54. The largest absolute Gasteiger partial charge is 0.338 e. The number of nitrogens with one attached hydrogen (secondary N) is 2. The van der Waals surface area contributed by atoms with Crippen molar-refractivity contribution >= 4 is 11.8 Å². The van der Waals surface area contributed by atoms with Crippen molar-refractivity contribution in [1.82, 2.24) is 10.5 Å². The highest BCUT2D eigenvalue weighted by atomic mass is 16.5. The Hall–Kier alpha value is -1.36. The van der Waals surface area contributed by atoms with Crippen LogP contribution in [0.15, 0.2) is 10.6 Å². The fourth-order valence-corrected chi connectivity index (χ4v) is 0.901. The van der Waals surface area contributed by atoms with E-state index in [2.05, 4.69) is 15.8 Å². The number of hydrogen-bond acceptors (Lipinski definition) is 4. The lowest BCUT2D eigenvalue weighted by molar-refractivity contribution is -0.115. The standard InChI is InChI=1S/C9H15N3O2/c1-6(2)10-5-8(13)11-9-4-7(3)12-14-9/h4,6,10H,5H2,1-3H3,(H,11,13). The van der Waals surface area contributed by atoms with Crippen LogP contribution in [0.25, 0.3) is 0 Å². The molecule has 1 amide bonds. The van der Waals surface area contributed by atoms with Gasteiger partial charge in [0.15, 0.2) is 0 Å². The summed E-state index contributed by atoms with van der Waals surface area (Å²) in [6.45, 7) is 6.03. The maximum absolute atomic E-state index is 11.3. The van der Waals surface area contributed by atoms with E-state index in [1.54, 1.807) is 13.0 Å². The molecule has 0 spiro atoms. The van der Waals surface area contributed by atoms with Gasteiger partial charge in [-0.05, 0) is 6.92 Å². The second-order valence-corrected chi connectivity index (χ2v) is 3.42. The third-order valence-electron chi connectivity index (χ3n) is 1.56. The fraction of sp³-hybridized carbons (Fsp3) is 0.556. The van der Waals surface area contributed by atoms with Gasteiger partial charge in [-0.2, -0.15) is 0 Å². The first kappa shape index (κ1) is 10.7. The van der Waals surface area contributed by atoms with Crippen LogP contribution in [0.5, 0.6) is 0 Å². The topological polar surface area (TPSA) is 67.2 Å². The van der Waals surface area contributed by atoms with E-state index >= 15 is 0 Å². The minimum Gasteiger partial charge on any atom is -0.338 e. The Morgan fingerprint density at radius 3 is 2.86 bits per heavy atom. The van der Waals surface area contributed by atoms with E-state index in [1.807, 2.05) is 13.8 Å². The minimum absolute atomic E-state index is 0.130. The van der Waals surface area contributed by atoms with Gasteiger partial charge in [-0.25, -0.2) is 0 Å². The number of aromatic nitrogens is 1. The summed E-state index contributed by atoms with van der Waals surface area (Å²) in [4.78, 5) is 11.3. The number of carbonyl (C=O) groups excluding carboxylic acids is 1. The Balaban J connectivity index is 2.34. The Morgan fingerprint density at radius 2 is 2.36 bits per heavy atom. The molecule has 1 aromatic heterocycles. The van der Waals surface area contributed by atoms with Crippen molar-refractivity contribution in [2.75, 3.05) is 11.9 Å². The van der Waals surface area contributed by atoms with Gasteiger partial charge < -0.3 is 9.84 Å². The van der Waals surface area contributed by atoms with Gasteiger partial charge in [0.1, 0.15) is 0 Å². The van der Waals surface area contributed by atoms with E-state index in [9.17, 15) is 4.79 Å². The van der Waals surface area contributed by atoms with Crippen molar-refractivity contribution in [2.45, 2.75) is 26.8 Å². The maximum atomic E-state index is 11.3. The monoisotopic (exact) mass is 197 g/mol. The molecule has 5 nitrogen and oxygen atoms in total. The van der Waals surface area contributed by atoms with Gasteiger partial charge >= 0.3 is 0 Å². The predicted molar refractivity (Wildman–Crippen MR) is 53.0 cm³/mol. The number of hydrogen-bond donors (Lipinski definition) is 2. The number of rotatable bonds is 4. The fourth-order valence-electron chi connectivity index (χ4n) is 0.901. The van der Waals surface area contributed by atoms with Crippen LogP contribution in [0.1, 0.15) is 19.5 Å². The molecule has 0 saturated heterocycles. The van der Waals surface area contributed by atoms with Crippen molar-refractivity contribution in [2.24, 2.45) is 0 Å². The van der Waals surface area contributed by atoms with E-state index in [-0.39, 0.29) is 18.5 Å². The van der Waals surface area contributed by atoms with Crippen LogP contribution in [0.2, 0.25) is 0 Å². The third-order valence-corrected chi connectivity index (χ3v) is 1.56. The van der Waals surface area contributed by atoms with Gasteiger partial charge in [-0.3, -0.25) is 10.1 Å². The highest BCUT2D eigenvalue weighted by molar-refractivity contribution is 5.90. The van der Waals surface area contributed by atoms with Gasteiger partial charge in [0.25, 0.3) is 0 Å². The Kier molecular flexibility index (Phi) is 3.64. The van der Waals surface area contributed by atoms with Gasteiger partial charge in [-0.1, -0.05) is 19.0 Å². The van der Waals surface area contributed by atoms with E-state index < -0.39 is 0 Å². The van der Waals surface area contributed by atoms with Crippen molar-refractivity contribution < 1.29 is 9.32 Å². The summed E-state index contributed by atoms with van der Waals surface area (Å²) in [5, 5.41) is 9.24. The molecule has 1 heterocycles. The molecule has 0 aliphatic rings. The van der Waals surface area contributed by atoms with E-state index in [0.29, 0.717) is 5.88 Å². The minimum atomic E-state index is -0.130. The molecule has 1 aromatic rings. The summed E-state index contributed by atoms with van der Waals surface area (Å²) in [5.41, 5.74) is 0.747. The molecule has 78 valence electrons. The zero-order chi connectivity index (χ0) is 10.6. The molecule has 5 heteroatoms. The lowest BCUT2D eigenvalue weighted by Gasteiger charge is -2.06. The van der Waals surface area contributed by atoms with Crippen molar-refractivity contribution in [3.8, 4) is 0 Å². The number of carbonyl (C=O) groups is 1. The highest BCUT2D eigenvalue weighted by Crippen LogP contribution is 2.07. The van der Waals surface area contributed by atoms with Crippen LogP contribution in [-0.2, 0) is 4.79 Å². The number of nitrogens with zero attached hydrogens (tertiary/aromatic N) is 1. The first-order chi connectivity index (χ1) is 6.58. The Labute approximate surface area is 82.8 Å². The molecule has 0 aliphatic heterocycles. The lowest BCUT2D eigenvalue weighted by atomic mass is 10.4. The van der Waals surface area contributed by atoms with E-state index in [4.69, 9.17) is 4.52 Å². The first-order valence-electron chi connectivity index (χ1n) is 4.54. The quantitative estimate of drug-likeness (QED) is 0.753. The van der Waals surface area contributed by atoms with Crippen LogP contribution in [0.4, 0.5) is 5.88 Å². The van der Waals surface area contributed by atoms with Crippen LogP contribution in [0.3, 0.4) is 0 Å². The average Bonchev–Trinajstić information content (AvgIpc) is 2.48. The van der Waals surface area contributed by atoms with Crippen LogP contribution < -0.4 is 10.6 Å². The molecule has 14 heavy (non-hydrogen) atoms. The summed E-state index contributed by atoms with van der Waals surface area (Å²) in [7, 11) is 0. The summed E-state index contributed by atoms with van der Waals surface area (Å²) in [6.07, 6.45) is 0. The van der Waals surface area contributed by atoms with Gasteiger partial charge in [0.2, 0.25) is 11.8 Å². The van der Waals surface area contributed by atoms with Crippen LogP contribution >= 0.6 is 0 Å². The van der Waals surface area contributed by atoms with Crippen molar-refractivity contribution in [1.29, 1.82) is 0 Å². The summed E-state index contributed by atoms with van der Waals surface area (Å²) in [5.74, 6) is 0.257.